The molecule has 1 aliphatic rings. The topological polar surface area (TPSA) is 81.4 Å². The molecule has 0 spiro atoms. The number of hydrogen-bond donors (Lipinski definition) is 2. The zero-order chi connectivity index (χ0) is 12.7. The van der Waals surface area contributed by atoms with Crippen LogP contribution < -0.4 is 11.3 Å². The Bertz CT molecular complexity index is 300. The van der Waals surface area contributed by atoms with Crippen molar-refractivity contribution >= 4 is 9.84 Å². The third-order valence-corrected chi connectivity index (χ3v) is 5.12. The van der Waals surface area contributed by atoms with Crippen molar-refractivity contribution < 1.29 is 13.2 Å². The van der Waals surface area contributed by atoms with Crippen molar-refractivity contribution in [3.63, 3.8) is 0 Å². The first-order valence-electron chi connectivity index (χ1n) is 6.31. The molecule has 0 aliphatic carbocycles. The lowest BCUT2D eigenvalue weighted by molar-refractivity contribution is 0.181. The Morgan fingerprint density at radius 3 is 2.82 bits per heavy atom. The molecule has 17 heavy (non-hydrogen) atoms. The van der Waals surface area contributed by atoms with E-state index in [-0.39, 0.29) is 17.5 Å². The quantitative estimate of drug-likeness (QED) is 0.492. The van der Waals surface area contributed by atoms with Gasteiger partial charge in [-0.2, -0.15) is 0 Å². The summed E-state index contributed by atoms with van der Waals surface area (Å²) in [7, 11) is -2.84. The SMILES string of the molecule is CCS(=O)(=O)CCCC(CC1CCOC1)NN. The Kier molecular flexibility index (Phi) is 6.40. The molecule has 102 valence electrons. The van der Waals surface area contributed by atoms with E-state index in [2.05, 4.69) is 5.43 Å². The molecule has 2 atom stereocenters. The van der Waals surface area contributed by atoms with Crippen molar-refractivity contribution in [3.8, 4) is 0 Å². The van der Waals surface area contributed by atoms with E-state index in [1.165, 1.54) is 0 Å². The fourth-order valence-electron chi connectivity index (χ4n) is 2.13. The molecule has 1 heterocycles. The molecule has 1 aliphatic heterocycles. The molecule has 0 aromatic heterocycles. The van der Waals surface area contributed by atoms with Gasteiger partial charge in [0.2, 0.25) is 0 Å². The lowest BCUT2D eigenvalue weighted by Gasteiger charge is -2.18. The van der Waals surface area contributed by atoms with Crippen LogP contribution in [0.2, 0.25) is 0 Å². The molecular weight excluding hydrogens is 240 g/mol. The van der Waals surface area contributed by atoms with Gasteiger partial charge in [-0.3, -0.25) is 11.3 Å². The predicted octanol–water partition coefficient (Wildman–Crippen LogP) is 0.460. The van der Waals surface area contributed by atoms with Crippen molar-refractivity contribution in [3.05, 3.63) is 0 Å². The Morgan fingerprint density at radius 1 is 1.53 bits per heavy atom. The second-order valence-electron chi connectivity index (χ2n) is 4.71. The summed E-state index contributed by atoms with van der Waals surface area (Å²) in [6.07, 6.45) is 3.55. The third-order valence-electron chi connectivity index (χ3n) is 3.33. The fraction of sp³-hybridized carbons (Fsp3) is 1.00. The number of hydrazine groups is 1. The standard InChI is InChI=1S/C11H24N2O3S/c1-2-17(14,15)7-3-4-11(13-12)8-10-5-6-16-9-10/h10-11,13H,2-9,12H2,1H3. The van der Waals surface area contributed by atoms with Gasteiger partial charge in [0.15, 0.2) is 0 Å². The first-order chi connectivity index (χ1) is 8.07. The van der Waals surface area contributed by atoms with Gasteiger partial charge in [-0.1, -0.05) is 6.92 Å². The smallest absolute Gasteiger partial charge is 0.150 e. The lowest BCUT2D eigenvalue weighted by atomic mass is 9.97. The maximum atomic E-state index is 11.3. The van der Waals surface area contributed by atoms with Gasteiger partial charge >= 0.3 is 0 Å². The van der Waals surface area contributed by atoms with Gasteiger partial charge in [-0.25, -0.2) is 8.42 Å². The van der Waals surface area contributed by atoms with Crippen molar-refractivity contribution in [2.45, 2.75) is 38.6 Å². The van der Waals surface area contributed by atoms with E-state index in [0.717, 1.165) is 32.5 Å². The van der Waals surface area contributed by atoms with E-state index in [1.807, 2.05) is 0 Å². The maximum Gasteiger partial charge on any atom is 0.150 e. The van der Waals surface area contributed by atoms with Crippen LogP contribution in [0.4, 0.5) is 0 Å². The molecule has 2 unspecified atom stereocenters. The van der Waals surface area contributed by atoms with Gasteiger partial charge in [-0.15, -0.1) is 0 Å². The summed E-state index contributed by atoms with van der Waals surface area (Å²) in [5.74, 6) is 6.55. The van der Waals surface area contributed by atoms with Crippen LogP contribution in [-0.2, 0) is 14.6 Å². The van der Waals surface area contributed by atoms with Crippen molar-refractivity contribution in [2.24, 2.45) is 11.8 Å². The normalized spacial score (nSPS) is 22.8. The summed E-state index contributed by atoms with van der Waals surface area (Å²) in [6.45, 7) is 3.33. The first-order valence-corrected chi connectivity index (χ1v) is 8.14. The van der Waals surface area contributed by atoms with E-state index >= 15 is 0 Å². The van der Waals surface area contributed by atoms with Crippen LogP contribution in [0.3, 0.4) is 0 Å². The highest BCUT2D eigenvalue weighted by Crippen LogP contribution is 2.19. The molecule has 6 heteroatoms. The molecule has 1 fully saturated rings. The molecule has 0 bridgehead atoms. The van der Waals surface area contributed by atoms with Crippen LogP contribution in [0.5, 0.6) is 0 Å². The molecule has 1 saturated heterocycles. The third kappa shape index (κ3) is 5.81. The summed E-state index contributed by atoms with van der Waals surface area (Å²) in [5.41, 5.74) is 2.78. The molecular formula is C11H24N2O3S. The first kappa shape index (κ1) is 14.9. The van der Waals surface area contributed by atoms with Crippen LogP contribution in [0.25, 0.3) is 0 Å². The van der Waals surface area contributed by atoms with Crippen LogP contribution in [0, 0.1) is 5.92 Å². The number of rotatable bonds is 8. The minimum atomic E-state index is -2.84. The van der Waals surface area contributed by atoms with Crippen LogP contribution in [-0.4, -0.2) is 39.2 Å². The van der Waals surface area contributed by atoms with Gasteiger partial charge in [0.1, 0.15) is 9.84 Å². The molecule has 0 aromatic rings. The second kappa shape index (κ2) is 7.31. The number of nitrogens with one attached hydrogen (secondary N) is 1. The maximum absolute atomic E-state index is 11.3. The fourth-order valence-corrected chi connectivity index (χ4v) is 3.03. The largest absolute Gasteiger partial charge is 0.381 e. The van der Waals surface area contributed by atoms with Gasteiger partial charge in [-0.05, 0) is 31.6 Å². The molecule has 0 amide bonds. The van der Waals surface area contributed by atoms with E-state index in [0.29, 0.717) is 12.3 Å². The number of hydrogen-bond acceptors (Lipinski definition) is 5. The number of nitrogens with two attached hydrogens (primary N) is 1. The Hall–Kier alpha value is -0.170. The molecule has 0 saturated carbocycles. The average molecular weight is 264 g/mol. The summed E-state index contributed by atoms with van der Waals surface area (Å²) in [5, 5.41) is 0. The number of sulfone groups is 1. The van der Waals surface area contributed by atoms with E-state index in [1.54, 1.807) is 6.92 Å². The Balaban J connectivity index is 2.22. The van der Waals surface area contributed by atoms with Crippen molar-refractivity contribution in [1.29, 1.82) is 0 Å². The Labute approximate surface area is 104 Å². The van der Waals surface area contributed by atoms with Crippen molar-refractivity contribution in [1.82, 2.24) is 5.43 Å². The minimum absolute atomic E-state index is 0.203. The monoisotopic (exact) mass is 264 g/mol. The van der Waals surface area contributed by atoms with Gasteiger partial charge < -0.3 is 4.74 Å². The molecule has 5 nitrogen and oxygen atoms in total. The highest BCUT2D eigenvalue weighted by molar-refractivity contribution is 7.91. The van der Waals surface area contributed by atoms with Crippen molar-refractivity contribution in [2.75, 3.05) is 24.7 Å². The van der Waals surface area contributed by atoms with Gasteiger partial charge in [0.05, 0.1) is 5.75 Å². The summed E-state index contributed by atoms with van der Waals surface area (Å²) in [6, 6.07) is 0.203. The molecule has 0 radical (unpaired) electrons. The number of ether oxygens (including phenoxy) is 1. The van der Waals surface area contributed by atoms with Crippen LogP contribution >= 0.6 is 0 Å². The zero-order valence-electron chi connectivity index (χ0n) is 10.5. The highest BCUT2D eigenvalue weighted by Gasteiger charge is 2.20. The zero-order valence-corrected chi connectivity index (χ0v) is 11.3. The van der Waals surface area contributed by atoms with E-state index in [9.17, 15) is 8.42 Å². The van der Waals surface area contributed by atoms with Gasteiger partial charge in [0.25, 0.3) is 0 Å². The van der Waals surface area contributed by atoms with Crippen LogP contribution in [0.1, 0.15) is 32.6 Å². The Morgan fingerprint density at radius 2 is 2.29 bits per heavy atom. The molecule has 3 N–H and O–H groups in total. The van der Waals surface area contributed by atoms with Gasteiger partial charge in [0, 0.05) is 25.0 Å². The highest BCUT2D eigenvalue weighted by atomic mass is 32.2. The average Bonchev–Trinajstić information content (AvgIpc) is 2.80. The predicted molar refractivity (Wildman–Crippen MR) is 68.2 cm³/mol. The molecule has 0 aromatic carbocycles. The molecule has 1 rings (SSSR count). The van der Waals surface area contributed by atoms with E-state index < -0.39 is 9.84 Å². The van der Waals surface area contributed by atoms with Crippen LogP contribution in [0.15, 0.2) is 0 Å². The lowest BCUT2D eigenvalue weighted by Crippen LogP contribution is -2.37. The second-order valence-corrected chi connectivity index (χ2v) is 7.18. The summed E-state index contributed by atoms with van der Waals surface area (Å²) >= 11 is 0. The minimum Gasteiger partial charge on any atom is -0.381 e. The van der Waals surface area contributed by atoms with E-state index in [4.69, 9.17) is 10.6 Å². The summed E-state index contributed by atoms with van der Waals surface area (Å²) < 4.78 is 28.0. The summed E-state index contributed by atoms with van der Waals surface area (Å²) in [4.78, 5) is 0.